The molecule has 10 heteroatoms. The number of carbonyl (C=O) groups is 1. The van der Waals surface area contributed by atoms with Gasteiger partial charge in [-0.1, -0.05) is 42.4 Å². The topological polar surface area (TPSA) is 101 Å². The Morgan fingerprint density at radius 3 is 2.78 bits per heavy atom. The summed E-state index contributed by atoms with van der Waals surface area (Å²) in [7, 11) is 0. The second kappa shape index (κ2) is 9.56. The number of benzene rings is 1. The molecule has 3 rings (SSSR count). The number of rotatable bonds is 6. The molecule has 2 heterocycles. The quantitative estimate of drug-likeness (QED) is 0.535. The maximum Gasteiger partial charge on any atom is 0.274 e. The Bertz CT molecular complexity index is 1070. The molecule has 170 valence electrons. The molecule has 0 saturated carbocycles. The summed E-state index contributed by atoms with van der Waals surface area (Å²) in [5, 5.41) is 12.3. The van der Waals surface area contributed by atoms with Crippen molar-refractivity contribution in [3.05, 3.63) is 70.8 Å². The van der Waals surface area contributed by atoms with E-state index < -0.39 is 34.6 Å². The first-order valence-electron chi connectivity index (χ1n) is 9.77. The molecule has 0 unspecified atom stereocenters. The minimum absolute atomic E-state index is 0.0266. The summed E-state index contributed by atoms with van der Waals surface area (Å²) in [6.07, 6.45) is 4.60. The fourth-order valence-electron chi connectivity index (χ4n) is 3.72. The van der Waals surface area contributed by atoms with Gasteiger partial charge in [0.1, 0.15) is 23.7 Å². The highest BCUT2D eigenvalue weighted by Crippen LogP contribution is 2.51. The number of nitrogens with zero attached hydrogens (tertiary/aromatic N) is 2. The number of hydrogen-bond donors (Lipinski definition) is 3. The number of anilines is 1. The summed E-state index contributed by atoms with van der Waals surface area (Å²) in [6.45, 7) is 2.38. The first-order chi connectivity index (χ1) is 15.1. The molecule has 1 aromatic heterocycles. The highest BCUT2D eigenvalue weighted by Gasteiger charge is 2.52. The van der Waals surface area contributed by atoms with Gasteiger partial charge in [0.25, 0.3) is 5.91 Å². The monoisotopic (exact) mass is 480 g/mol. The maximum absolute atomic E-state index is 15.0. The zero-order valence-corrected chi connectivity index (χ0v) is 19.1. The van der Waals surface area contributed by atoms with Crippen LogP contribution in [0.5, 0.6) is 0 Å². The number of nitrogens with two attached hydrogens (primary N) is 1. The Morgan fingerprint density at radius 1 is 1.41 bits per heavy atom. The molecule has 0 radical (unpaired) electrons. The number of carbonyl (C=O) groups excluding carboxylic acids is 1. The molecule has 0 aliphatic carbocycles. The Morgan fingerprint density at radius 2 is 2.16 bits per heavy atom. The molecule has 6 nitrogen and oxygen atoms in total. The van der Waals surface area contributed by atoms with E-state index in [1.165, 1.54) is 48.3 Å². The van der Waals surface area contributed by atoms with E-state index in [1.54, 1.807) is 13.0 Å². The van der Waals surface area contributed by atoms with Crippen LogP contribution in [0.15, 0.2) is 53.7 Å². The molecule has 0 bridgehead atoms. The molecule has 1 amide bonds. The number of aliphatic hydroxyl groups excluding tert-OH is 1. The summed E-state index contributed by atoms with van der Waals surface area (Å²) in [6, 6.07) is 6.87. The lowest BCUT2D eigenvalue weighted by atomic mass is 9.73. The van der Waals surface area contributed by atoms with Gasteiger partial charge in [0.05, 0.1) is 11.6 Å². The van der Waals surface area contributed by atoms with Gasteiger partial charge >= 0.3 is 0 Å². The molecule has 32 heavy (non-hydrogen) atoms. The lowest BCUT2D eigenvalue weighted by Crippen LogP contribution is -2.50. The highest BCUT2D eigenvalue weighted by molar-refractivity contribution is 8.15. The minimum Gasteiger partial charge on any atom is -0.392 e. The van der Waals surface area contributed by atoms with Gasteiger partial charge in [0.15, 0.2) is 5.17 Å². The third kappa shape index (κ3) is 4.65. The predicted molar refractivity (Wildman–Crippen MR) is 124 cm³/mol. The fourth-order valence-corrected chi connectivity index (χ4v) is 5.03. The highest BCUT2D eigenvalue weighted by atomic mass is 35.5. The summed E-state index contributed by atoms with van der Waals surface area (Å²) in [5.74, 6) is -1.74. The zero-order chi connectivity index (χ0) is 23.5. The van der Waals surface area contributed by atoms with Gasteiger partial charge in [-0.2, -0.15) is 0 Å². The number of thioether (sulfide) groups is 1. The zero-order valence-electron chi connectivity index (χ0n) is 17.5. The minimum atomic E-state index is -1.62. The average molecular weight is 481 g/mol. The molecular formula is C22H23ClF2N4O2S. The summed E-state index contributed by atoms with van der Waals surface area (Å²) < 4.78 is 28.9. The van der Waals surface area contributed by atoms with Crippen LogP contribution in [0.1, 0.15) is 29.9 Å². The SMILES string of the molecule is C[C@@H]1[C@@](C)(/C=C/CO)SC(N)=N[C@]1(CF)c1cc(NC(=O)c2ccc(Cl)cn2)ccc1F. The van der Waals surface area contributed by atoms with E-state index in [2.05, 4.69) is 15.3 Å². The number of amidine groups is 1. The van der Waals surface area contributed by atoms with Crippen molar-refractivity contribution in [3.8, 4) is 0 Å². The Kier molecular flexibility index (Phi) is 7.22. The van der Waals surface area contributed by atoms with Gasteiger partial charge in [-0.3, -0.25) is 4.79 Å². The molecule has 3 atom stereocenters. The van der Waals surface area contributed by atoms with E-state index in [0.717, 1.165) is 6.07 Å². The number of halogens is 3. The van der Waals surface area contributed by atoms with Crippen molar-refractivity contribution in [1.82, 2.24) is 4.98 Å². The van der Waals surface area contributed by atoms with Crippen molar-refractivity contribution >= 4 is 40.1 Å². The van der Waals surface area contributed by atoms with Crippen molar-refractivity contribution in [2.75, 3.05) is 18.6 Å². The van der Waals surface area contributed by atoms with Crippen LogP contribution in [0.2, 0.25) is 5.02 Å². The van der Waals surface area contributed by atoms with Crippen LogP contribution >= 0.6 is 23.4 Å². The normalized spacial score (nSPS) is 25.6. The average Bonchev–Trinajstić information content (AvgIpc) is 2.76. The number of alkyl halides is 1. The van der Waals surface area contributed by atoms with Crippen molar-refractivity contribution in [1.29, 1.82) is 0 Å². The third-order valence-electron chi connectivity index (χ3n) is 5.62. The van der Waals surface area contributed by atoms with Crippen LogP contribution in [0.4, 0.5) is 14.5 Å². The molecule has 0 saturated heterocycles. The molecule has 0 spiro atoms. The fraction of sp³-hybridized carbons (Fsp3) is 0.318. The van der Waals surface area contributed by atoms with Gasteiger partial charge in [-0.05, 0) is 37.3 Å². The predicted octanol–water partition coefficient (Wildman–Crippen LogP) is 4.30. The van der Waals surface area contributed by atoms with Gasteiger partial charge < -0.3 is 16.2 Å². The van der Waals surface area contributed by atoms with E-state index in [-0.39, 0.29) is 28.7 Å². The van der Waals surface area contributed by atoms with Gasteiger partial charge in [0.2, 0.25) is 0 Å². The van der Waals surface area contributed by atoms with E-state index in [1.807, 2.05) is 6.92 Å². The van der Waals surface area contributed by atoms with Gasteiger partial charge in [-0.25, -0.2) is 18.8 Å². The smallest absolute Gasteiger partial charge is 0.274 e. The molecular weight excluding hydrogens is 458 g/mol. The second-order valence-electron chi connectivity index (χ2n) is 7.61. The molecule has 0 fully saturated rings. The second-order valence-corrected chi connectivity index (χ2v) is 9.55. The van der Waals surface area contributed by atoms with Crippen molar-refractivity contribution in [2.45, 2.75) is 24.1 Å². The van der Waals surface area contributed by atoms with E-state index in [9.17, 15) is 14.3 Å². The number of amides is 1. The molecule has 2 aromatic rings. The van der Waals surface area contributed by atoms with Gasteiger partial charge in [-0.15, -0.1) is 0 Å². The summed E-state index contributed by atoms with van der Waals surface area (Å²) >= 11 is 7.02. The van der Waals surface area contributed by atoms with Crippen LogP contribution in [0.3, 0.4) is 0 Å². The van der Waals surface area contributed by atoms with Crippen LogP contribution < -0.4 is 11.1 Å². The number of hydrogen-bond acceptors (Lipinski definition) is 6. The van der Waals surface area contributed by atoms with Crippen molar-refractivity contribution in [2.24, 2.45) is 16.6 Å². The number of aliphatic imine (C=N–C) groups is 1. The number of aromatic nitrogens is 1. The first-order valence-corrected chi connectivity index (χ1v) is 11.0. The summed E-state index contributed by atoms with van der Waals surface area (Å²) in [4.78, 5) is 20.8. The Labute approximate surface area is 194 Å². The van der Waals surface area contributed by atoms with Crippen LogP contribution in [0.25, 0.3) is 0 Å². The lowest BCUT2D eigenvalue weighted by Gasteiger charge is -2.46. The third-order valence-corrected chi connectivity index (χ3v) is 7.07. The van der Waals surface area contributed by atoms with E-state index in [4.69, 9.17) is 17.3 Å². The maximum atomic E-state index is 15.0. The molecule has 1 aliphatic rings. The van der Waals surface area contributed by atoms with Crippen LogP contribution in [-0.4, -0.2) is 39.2 Å². The number of pyridine rings is 1. The van der Waals surface area contributed by atoms with Crippen LogP contribution in [-0.2, 0) is 5.54 Å². The number of nitrogens with one attached hydrogen (secondary N) is 1. The molecule has 1 aromatic carbocycles. The Hall–Kier alpha value is -2.49. The molecule has 4 N–H and O–H groups in total. The standard InChI is InChI=1S/C22H23ClF2N4O2S/c1-13-21(2,8-3-9-30)32-20(26)29-22(13,12-24)16-10-15(5-6-17(16)25)28-19(31)18-7-4-14(23)11-27-18/h3-8,10-11,13,30H,9,12H2,1-2H3,(H2,26,29)(H,28,31)/b8-3+/t13-,21-,22+/m1/s1. The Balaban J connectivity index is 2.03. The van der Waals surface area contributed by atoms with E-state index >= 15 is 4.39 Å². The summed E-state index contributed by atoms with van der Waals surface area (Å²) in [5.41, 5.74) is 4.75. The van der Waals surface area contributed by atoms with Crippen molar-refractivity contribution < 1.29 is 18.7 Å². The molecule has 1 aliphatic heterocycles. The largest absolute Gasteiger partial charge is 0.392 e. The lowest BCUT2D eigenvalue weighted by molar-refractivity contribution is 0.102. The van der Waals surface area contributed by atoms with Crippen LogP contribution in [0, 0.1) is 11.7 Å². The van der Waals surface area contributed by atoms with Gasteiger partial charge in [0, 0.05) is 28.1 Å². The van der Waals surface area contributed by atoms with Crippen molar-refractivity contribution in [3.63, 3.8) is 0 Å². The number of aliphatic hydroxyl groups is 1. The first kappa shape index (κ1) is 24.2. The van der Waals surface area contributed by atoms with E-state index in [0.29, 0.717) is 5.02 Å².